The predicted octanol–water partition coefficient (Wildman–Crippen LogP) is -1.04. The Morgan fingerprint density at radius 2 is 2.08 bits per heavy atom. The van der Waals surface area contributed by atoms with Crippen LogP contribution in [-0.4, -0.2) is 19.1 Å². The highest BCUT2D eigenvalue weighted by Gasteiger charge is 2.07. The molecule has 0 aliphatic carbocycles. The average Bonchev–Trinajstić information content (AvgIpc) is 2.43. The van der Waals surface area contributed by atoms with Crippen LogP contribution in [0, 0.1) is 0 Å². The third-order valence-electron chi connectivity index (χ3n) is 1.97. The van der Waals surface area contributed by atoms with Crippen molar-refractivity contribution in [2.45, 2.75) is 0 Å². The zero-order valence-electron chi connectivity index (χ0n) is 7.24. The van der Waals surface area contributed by atoms with Crippen molar-refractivity contribution in [3.63, 3.8) is 0 Å². The van der Waals surface area contributed by atoms with Crippen LogP contribution in [-0.2, 0) is 14.1 Å². The Balaban J connectivity index is 3.16. The number of fused-ring (bicyclic) bond motifs is 1. The van der Waals surface area contributed by atoms with Crippen molar-refractivity contribution in [3.8, 4) is 0 Å². The van der Waals surface area contributed by atoms with E-state index in [1.807, 2.05) is 0 Å². The molecule has 0 spiro atoms. The second-order valence-corrected chi connectivity index (χ2v) is 2.85. The first-order valence-corrected chi connectivity index (χ1v) is 3.71. The van der Waals surface area contributed by atoms with Gasteiger partial charge in [-0.15, -0.1) is 0 Å². The standard InChI is InChI=1S/C7H8N4O2/c1-10-3-8-5-4(10)6(12)11(2)7(13)9-5/h3H,1-2H3,(H,9,13)/i4+1,5+1,6+1,7+1,8+1,10+1,11+1. The lowest BCUT2D eigenvalue weighted by Crippen LogP contribution is -2.33. The van der Waals surface area contributed by atoms with E-state index in [2.05, 4.69) is 9.97 Å². The largest absolute Gasteiger partial charge is 0.329 e. The molecule has 0 aliphatic rings. The lowest BCUT2D eigenvalue weighted by molar-refractivity contribution is 0.783. The summed E-state index contributed by atoms with van der Waals surface area (Å²) in [5, 5.41) is 0. The number of aryl methyl sites for hydroxylation is 1. The third kappa shape index (κ3) is 0.915. The number of hydrogen-bond donors (Lipinski definition) is 1. The summed E-state index contributed by atoms with van der Waals surface area (Å²) >= 11 is 0. The number of aromatic nitrogens is 4. The third-order valence-corrected chi connectivity index (χ3v) is 1.97. The summed E-state index contributed by atoms with van der Waals surface area (Å²) in [6.07, 6.45) is 1.49. The number of H-pyrrole nitrogens is 1. The smallest absolute Gasteiger partial charge is 0.328 e. The molecule has 2 heterocycles. The minimum atomic E-state index is -0.448. The first-order valence-electron chi connectivity index (χ1n) is 3.71. The summed E-state index contributed by atoms with van der Waals surface area (Å²) in [5.41, 5.74) is -0.0485. The Hall–Kier alpha value is -1.85. The molecule has 2 aromatic rings. The van der Waals surface area contributed by atoms with Crippen LogP contribution in [0.25, 0.3) is 11.2 Å². The average molecular weight is 187 g/mol. The number of hydrogen-bond acceptors (Lipinski definition) is 3. The van der Waals surface area contributed by atoms with Gasteiger partial charge in [-0.25, -0.2) is 9.78 Å². The Labute approximate surface area is 72.5 Å². The SMILES string of the molecule is C[15n]1[13c](=O)[nH][13c]2[15n]c[15n](C)[13c]2[13c]1=O. The van der Waals surface area contributed by atoms with Crippen LogP contribution in [0.2, 0.25) is 0 Å². The van der Waals surface area contributed by atoms with E-state index in [1.165, 1.54) is 13.4 Å². The highest BCUT2D eigenvalue weighted by atomic mass is 16.3. The molecular weight excluding hydrogens is 179 g/mol. The maximum absolute atomic E-state index is 11.5. The molecule has 0 saturated heterocycles. The summed E-state index contributed by atoms with van der Waals surface area (Å²) in [6.45, 7) is 0. The van der Waals surface area contributed by atoms with Crippen LogP contribution in [0.4, 0.5) is 0 Å². The van der Waals surface area contributed by atoms with Crippen molar-refractivity contribution < 1.29 is 0 Å². The normalized spacial score (nSPS) is 10.9. The molecule has 2 aromatic heterocycles. The van der Waals surface area contributed by atoms with Gasteiger partial charge in [0.1, 0.15) is 0 Å². The van der Waals surface area contributed by atoms with Gasteiger partial charge in [-0.3, -0.25) is 14.3 Å². The lowest BCUT2D eigenvalue weighted by Gasteiger charge is -1.96. The zero-order valence-corrected chi connectivity index (χ0v) is 7.24. The fraction of sp³-hybridized carbons (Fsp3) is 0.286. The van der Waals surface area contributed by atoms with E-state index in [9.17, 15) is 9.59 Å². The predicted molar refractivity (Wildman–Crippen MR) is 46.6 cm³/mol. The molecule has 0 unspecified atom stereocenters. The van der Waals surface area contributed by atoms with Crippen LogP contribution < -0.4 is 11.2 Å². The van der Waals surface area contributed by atoms with E-state index < -0.39 is 5.69 Å². The van der Waals surface area contributed by atoms with Crippen molar-refractivity contribution in [2.75, 3.05) is 0 Å². The van der Waals surface area contributed by atoms with Crippen LogP contribution in [0.3, 0.4) is 0 Å². The van der Waals surface area contributed by atoms with Crippen LogP contribution in [0.5, 0.6) is 0 Å². The molecule has 68 valence electrons. The van der Waals surface area contributed by atoms with Gasteiger partial charge in [0.15, 0.2) is 11.2 Å². The van der Waals surface area contributed by atoms with E-state index in [-0.39, 0.29) is 5.56 Å². The fourth-order valence-corrected chi connectivity index (χ4v) is 1.21. The van der Waals surface area contributed by atoms with E-state index in [4.69, 9.17) is 0 Å². The van der Waals surface area contributed by atoms with Gasteiger partial charge in [0, 0.05) is 14.1 Å². The van der Waals surface area contributed by atoms with Gasteiger partial charge < -0.3 is 4.57 Å². The molecule has 0 atom stereocenters. The van der Waals surface area contributed by atoms with E-state index in [0.717, 1.165) is 4.57 Å². The van der Waals surface area contributed by atoms with Gasteiger partial charge in [0.25, 0.3) is 5.56 Å². The minimum Gasteiger partial charge on any atom is -0.328 e. The first kappa shape index (κ1) is 7.78. The molecule has 0 saturated carbocycles. The summed E-state index contributed by atoms with van der Waals surface area (Å²) in [5.74, 6) is 0. The Morgan fingerprint density at radius 1 is 1.38 bits per heavy atom. The summed E-state index contributed by atoms with van der Waals surface area (Å²) in [7, 11) is 3.13. The summed E-state index contributed by atoms with van der Waals surface area (Å²) < 4.78 is 2.59. The molecule has 1 N–H and O–H groups in total. The van der Waals surface area contributed by atoms with Gasteiger partial charge in [-0.2, -0.15) is 0 Å². The molecule has 2 rings (SSSR count). The summed E-state index contributed by atoms with van der Waals surface area (Å²) in [6, 6.07) is 0. The van der Waals surface area contributed by atoms with Crippen molar-refractivity contribution in [1.29, 1.82) is 0 Å². The second kappa shape index (κ2) is 2.32. The van der Waals surface area contributed by atoms with Gasteiger partial charge in [-0.05, 0) is 0 Å². The Kier molecular flexibility index (Phi) is 1.39. The number of aromatic amines is 1. The van der Waals surface area contributed by atoms with Crippen molar-refractivity contribution in [2.24, 2.45) is 14.1 Å². The zero-order chi connectivity index (χ0) is 9.59. The molecule has 0 aromatic carbocycles. The number of rotatable bonds is 0. The molecule has 0 amide bonds. The van der Waals surface area contributed by atoms with Gasteiger partial charge in [0.05, 0.1) is 6.33 Å². The van der Waals surface area contributed by atoms with E-state index >= 15 is 0 Å². The second-order valence-electron chi connectivity index (χ2n) is 2.85. The van der Waals surface area contributed by atoms with Crippen molar-refractivity contribution >= 4 is 11.2 Å². The first-order chi connectivity index (χ1) is 6.11. The van der Waals surface area contributed by atoms with Crippen molar-refractivity contribution in [3.05, 3.63) is 27.2 Å². The van der Waals surface area contributed by atoms with Crippen molar-refractivity contribution in [1.82, 2.24) is 19.1 Å². The Morgan fingerprint density at radius 3 is 2.77 bits per heavy atom. The molecule has 6 nitrogen and oxygen atoms in total. The highest BCUT2D eigenvalue weighted by Crippen LogP contribution is 1.98. The van der Waals surface area contributed by atoms with Crippen LogP contribution in [0.15, 0.2) is 15.9 Å². The molecular formula is C7H8N4O2. The maximum Gasteiger partial charge on any atom is 0.329 e. The number of nitrogens with zero attached hydrogens (tertiary/aromatic N) is 3. The Bertz CT molecular complexity index is 574. The van der Waals surface area contributed by atoms with Crippen LogP contribution in [0.1, 0.15) is 0 Å². The summed E-state index contributed by atoms with van der Waals surface area (Å²) in [4.78, 5) is 29.0. The van der Waals surface area contributed by atoms with Crippen LogP contribution >= 0.6 is 0 Å². The van der Waals surface area contributed by atoms with Gasteiger partial charge in [-0.1, -0.05) is 0 Å². The molecule has 0 bridgehead atoms. The molecule has 0 fully saturated rings. The maximum atomic E-state index is 11.5. The van der Waals surface area contributed by atoms with Gasteiger partial charge >= 0.3 is 5.69 Å². The molecule has 0 radical (unpaired) electrons. The molecule has 6 heteroatoms. The number of nitrogens with one attached hydrogen (secondary N) is 1. The van der Waals surface area contributed by atoms with Gasteiger partial charge in [0.2, 0.25) is 0 Å². The quantitative estimate of drug-likeness (QED) is 0.572. The lowest BCUT2D eigenvalue weighted by atomic mass is 11.3. The monoisotopic (exact) mass is 187 g/mol. The molecule has 0 aliphatic heterocycles. The fourth-order valence-electron chi connectivity index (χ4n) is 1.21. The van der Waals surface area contributed by atoms with E-state index in [0.29, 0.717) is 11.2 Å². The minimum absolute atomic E-state index is 0.329. The number of imidazole rings is 1. The topological polar surface area (TPSA) is 72.7 Å². The highest BCUT2D eigenvalue weighted by molar-refractivity contribution is 5.68. The molecule has 13 heavy (non-hydrogen) atoms. The van der Waals surface area contributed by atoms with E-state index in [1.54, 1.807) is 11.6 Å².